The van der Waals surface area contributed by atoms with Crippen LogP contribution in [-0.4, -0.2) is 111 Å². The Morgan fingerprint density at radius 2 is 1.03 bits per heavy atom. The highest BCUT2D eigenvalue weighted by Crippen LogP contribution is 2.62. The van der Waals surface area contributed by atoms with Crippen molar-refractivity contribution in [3.05, 3.63) is 24.3 Å². The van der Waals surface area contributed by atoms with E-state index in [4.69, 9.17) is 28.4 Å². The molecule has 0 aromatic heterocycles. The first-order valence-corrected chi connectivity index (χ1v) is 21.2. The SMILES string of the molecule is C=C1CC[C@@H]2[C@](C)(COC(=O)[C@H](CC(=O)O)[C@@H](OC[C@H]3C(=C)CC[C@@H]4[C@](C)(CO)CCC[C@@]43C)C(=O)OC)CCC[C@]2(C)[C@H]1CO[C@@H](C(=O)OC)[C@@H](CC(=O)O)C(=O)OC. The van der Waals surface area contributed by atoms with E-state index < -0.39 is 83.5 Å². The number of carbonyl (C=O) groups excluding carboxylic acids is 4. The van der Waals surface area contributed by atoms with Crippen molar-refractivity contribution in [1.82, 2.24) is 0 Å². The summed E-state index contributed by atoms with van der Waals surface area (Å²) in [6, 6.07) is 0. The molecule has 12 atom stereocenters. The third kappa shape index (κ3) is 10.1. The fraction of sp³-hybridized carbons (Fsp3) is 0.778. The van der Waals surface area contributed by atoms with Gasteiger partial charge in [0, 0.05) is 23.9 Å². The van der Waals surface area contributed by atoms with Gasteiger partial charge in [0.15, 0.2) is 12.2 Å². The number of carboxylic acids is 2. The maximum atomic E-state index is 14.1. The molecule has 15 nitrogen and oxygen atoms in total. The van der Waals surface area contributed by atoms with Crippen molar-refractivity contribution >= 4 is 35.8 Å². The predicted molar refractivity (Wildman–Crippen MR) is 216 cm³/mol. The van der Waals surface area contributed by atoms with Crippen LogP contribution < -0.4 is 0 Å². The van der Waals surface area contributed by atoms with Crippen molar-refractivity contribution in [3.8, 4) is 0 Å². The molecule has 0 unspecified atom stereocenters. The summed E-state index contributed by atoms with van der Waals surface area (Å²) in [6.45, 7) is 17.0. The largest absolute Gasteiger partial charge is 0.481 e. The summed E-state index contributed by atoms with van der Waals surface area (Å²) in [5, 5.41) is 29.9. The highest BCUT2D eigenvalue weighted by atomic mass is 16.6. The highest BCUT2D eigenvalue weighted by molar-refractivity contribution is 5.87. The molecule has 4 aliphatic carbocycles. The Balaban J connectivity index is 1.55. The van der Waals surface area contributed by atoms with Gasteiger partial charge >= 0.3 is 35.8 Å². The zero-order valence-corrected chi connectivity index (χ0v) is 36.6. The van der Waals surface area contributed by atoms with Gasteiger partial charge in [-0.2, -0.15) is 0 Å². The van der Waals surface area contributed by atoms with Gasteiger partial charge in [-0.3, -0.25) is 19.2 Å². The number of methoxy groups -OCH3 is 3. The standard InChI is InChI=1S/C45H68O15/c1-26-12-14-32-42(3,24-46)16-10-18-44(32,5)30(26)22-59-37(41(54)57-9)29(21-35(49)50)39(52)60-25-43(4)17-11-19-45(6)31(27(2)13-15-33(43)45)23-58-36(40(53)56-8)28(20-34(47)48)38(51)55-7/h28-33,36-37,46H,1-2,10-25H2,3-9H3,(H,47,48)(H,49,50)/t28-,29-,30+,31+,32-,33-,36-,37-,42+,43+,44-,45-/m1/s1. The molecule has 0 amide bonds. The molecule has 0 radical (unpaired) electrons. The number of carbonyl (C=O) groups is 6. The number of esters is 4. The fourth-order valence-electron chi connectivity index (χ4n) is 12.0. The Morgan fingerprint density at radius 3 is 1.43 bits per heavy atom. The lowest BCUT2D eigenvalue weighted by atomic mass is 9.47. The van der Waals surface area contributed by atoms with Crippen molar-refractivity contribution < 1.29 is 72.5 Å². The lowest BCUT2D eigenvalue weighted by Gasteiger charge is -2.58. The molecule has 0 aromatic carbocycles. The molecule has 60 heavy (non-hydrogen) atoms. The van der Waals surface area contributed by atoms with Crippen molar-refractivity contribution in [2.45, 2.75) is 117 Å². The number of rotatable bonds is 19. The van der Waals surface area contributed by atoms with Crippen LogP contribution in [0.2, 0.25) is 0 Å². The average Bonchev–Trinajstić information content (AvgIpc) is 3.19. The summed E-state index contributed by atoms with van der Waals surface area (Å²) in [5.74, 6) is -9.69. The summed E-state index contributed by atoms with van der Waals surface area (Å²) in [5.41, 5.74) is 0.124. The lowest BCUT2D eigenvalue weighted by molar-refractivity contribution is -0.181. The van der Waals surface area contributed by atoms with Crippen LogP contribution in [0.1, 0.15) is 105 Å². The first-order valence-electron chi connectivity index (χ1n) is 21.2. The Kier molecular flexibility index (Phi) is 16.2. The van der Waals surface area contributed by atoms with E-state index in [0.29, 0.717) is 19.3 Å². The van der Waals surface area contributed by atoms with E-state index >= 15 is 0 Å². The van der Waals surface area contributed by atoms with E-state index in [2.05, 4.69) is 33.9 Å². The number of carboxylic acid groups (broad SMARTS) is 2. The first kappa shape index (κ1) is 48.8. The average molecular weight is 849 g/mol. The van der Waals surface area contributed by atoms with Gasteiger partial charge < -0.3 is 43.7 Å². The summed E-state index contributed by atoms with van der Waals surface area (Å²) in [4.78, 5) is 77.0. The summed E-state index contributed by atoms with van der Waals surface area (Å²) < 4.78 is 33.2. The van der Waals surface area contributed by atoms with Crippen molar-refractivity contribution in [3.63, 3.8) is 0 Å². The van der Waals surface area contributed by atoms with Gasteiger partial charge in [0.05, 0.1) is 54.0 Å². The first-order chi connectivity index (χ1) is 28.2. The molecule has 0 heterocycles. The minimum atomic E-state index is -1.56. The molecule has 0 aliphatic heterocycles. The quantitative estimate of drug-likeness (QED) is 0.0825. The van der Waals surface area contributed by atoms with Crippen molar-refractivity contribution in [2.75, 3.05) is 47.8 Å². The van der Waals surface area contributed by atoms with E-state index in [9.17, 15) is 44.1 Å². The van der Waals surface area contributed by atoms with Gasteiger partial charge in [-0.1, -0.05) is 64.8 Å². The Labute approximate surface area is 353 Å². The normalized spacial score (nSPS) is 33.5. The topological polar surface area (TPSA) is 218 Å². The van der Waals surface area contributed by atoms with Crippen LogP contribution in [0.4, 0.5) is 0 Å². The smallest absolute Gasteiger partial charge is 0.335 e. The second kappa shape index (κ2) is 19.9. The van der Waals surface area contributed by atoms with E-state index in [1.54, 1.807) is 0 Å². The second-order valence-corrected chi connectivity index (χ2v) is 18.9. The van der Waals surface area contributed by atoms with Crippen LogP contribution in [0.25, 0.3) is 0 Å². The Bertz CT molecular complexity index is 1640. The minimum absolute atomic E-state index is 0.00944. The Hall–Kier alpha value is -3.82. The van der Waals surface area contributed by atoms with Gasteiger partial charge in [0.1, 0.15) is 11.8 Å². The lowest BCUT2D eigenvalue weighted by Crippen LogP contribution is -2.54. The Morgan fingerprint density at radius 1 is 0.633 bits per heavy atom. The van der Waals surface area contributed by atoms with Crippen LogP contribution >= 0.6 is 0 Å². The van der Waals surface area contributed by atoms with E-state index in [1.807, 2.05) is 6.92 Å². The van der Waals surface area contributed by atoms with Crippen LogP contribution in [0.15, 0.2) is 24.3 Å². The van der Waals surface area contributed by atoms with Crippen molar-refractivity contribution in [2.24, 2.45) is 57.2 Å². The zero-order valence-electron chi connectivity index (χ0n) is 36.6. The number of aliphatic hydroxyl groups excluding tert-OH is 1. The van der Waals surface area contributed by atoms with Crippen LogP contribution in [0.5, 0.6) is 0 Å². The summed E-state index contributed by atoms with van der Waals surface area (Å²) >= 11 is 0. The number of aliphatic hydroxyl groups is 1. The highest BCUT2D eigenvalue weighted by Gasteiger charge is 2.57. The van der Waals surface area contributed by atoms with Crippen LogP contribution in [-0.2, 0) is 57.2 Å². The van der Waals surface area contributed by atoms with Gasteiger partial charge in [-0.15, -0.1) is 0 Å². The molecule has 4 fully saturated rings. The van der Waals surface area contributed by atoms with E-state index in [-0.39, 0.29) is 60.9 Å². The molecule has 0 bridgehead atoms. The van der Waals surface area contributed by atoms with E-state index in [1.165, 1.54) is 0 Å². The molecular formula is C45H68O15. The number of ether oxygens (including phenoxy) is 6. The second-order valence-electron chi connectivity index (χ2n) is 18.9. The maximum Gasteiger partial charge on any atom is 0.335 e. The maximum absolute atomic E-state index is 14.1. The molecular weight excluding hydrogens is 780 g/mol. The fourth-order valence-corrected chi connectivity index (χ4v) is 12.0. The molecule has 4 aliphatic rings. The van der Waals surface area contributed by atoms with Crippen molar-refractivity contribution in [1.29, 1.82) is 0 Å². The minimum Gasteiger partial charge on any atom is -0.481 e. The number of aliphatic carboxylic acids is 2. The molecule has 338 valence electrons. The summed E-state index contributed by atoms with van der Waals surface area (Å²) in [6.07, 6.45) is 3.09. The molecule has 3 N–H and O–H groups in total. The van der Waals surface area contributed by atoms with Crippen LogP contribution in [0, 0.1) is 57.2 Å². The number of fused-ring (bicyclic) bond motifs is 2. The molecule has 15 heteroatoms. The molecule has 4 saturated carbocycles. The summed E-state index contributed by atoms with van der Waals surface area (Å²) in [7, 11) is 3.37. The molecule has 4 rings (SSSR count). The van der Waals surface area contributed by atoms with Gasteiger partial charge in [-0.25, -0.2) is 9.59 Å². The molecule has 0 saturated heterocycles. The number of hydrogen-bond donors (Lipinski definition) is 3. The molecule has 0 spiro atoms. The van der Waals surface area contributed by atoms with Gasteiger partial charge in [0.25, 0.3) is 0 Å². The monoisotopic (exact) mass is 848 g/mol. The third-order valence-electron chi connectivity index (χ3n) is 15.3. The predicted octanol–water partition coefficient (Wildman–Crippen LogP) is 5.55. The van der Waals surface area contributed by atoms with Gasteiger partial charge in [-0.05, 0) is 79.4 Å². The number of hydrogen-bond acceptors (Lipinski definition) is 13. The third-order valence-corrected chi connectivity index (χ3v) is 15.3. The zero-order chi connectivity index (χ0) is 44.8. The van der Waals surface area contributed by atoms with Gasteiger partial charge in [0.2, 0.25) is 0 Å². The van der Waals surface area contributed by atoms with Crippen LogP contribution in [0.3, 0.4) is 0 Å². The van der Waals surface area contributed by atoms with E-state index in [0.717, 1.165) is 77.4 Å². The molecule has 0 aromatic rings.